The highest BCUT2D eigenvalue weighted by Gasteiger charge is 2.51. The third-order valence-corrected chi connectivity index (χ3v) is 3.94. The third-order valence-electron chi connectivity index (χ3n) is 3.94. The summed E-state index contributed by atoms with van der Waals surface area (Å²) in [5, 5.41) is 0.484. The SMILES string of the molecule is CCOC(=O)C1(C(=O)ON2C(=O)CCC2=O)CCCCC1. The van der Waals surface area contributed by atoms with E-state index in [2.05, 4.69) is 0 Å². The van der Waals surface area contributed by atoms with Crippen molar-refractivity contribution >= 4 is 23.8 Å². The minimum absolute atomic E-state index is 0.0263. The quantitative estimate of drug-likeness (QED) is 0.438. The van der Waals surface area contributed by atoms with E-state index in [1.54, 1.807) is 6.92 Å². The first-order valence-electron chi connectivity index (χ1n) is 7.26. The molecule has 0 aromatic rings. The van der Waals surface area contributed by atoms with Gasteiger partial charge in [-0.15, -0.1) is 5.06 Å². The van der Waals surface area contributed by atoms with E-state index in [0.717, 1.165) is 6.42 Å². The summed E-state index contributed by atoms with van der Waals surface area (Å²) in [6, 6.07) is 0. The van der Waals surface area contributed by atoms with Crippen LogP contribution < -0.4 is 0 Å². The van der Waals surface area contributed by atoms with E-state index in [1.165, 1.54) is 0 Å². The molecule has 7 nitrogen and oxygen atoms in total. The zero-order valence-corrected chi connectivity index (χ0v) is 12.1. The van der Waals surface area contributed by atoms with Crippen molar-refractivity contribution in [2.45, 2.75) is 51.9 Å². The van der Waals surface area contributed by atoms with Crippen LogP contribution in [0.4, 0.5) is 0 Å². The molecule has 0 bridgehead atoms. The standard InChI is InChI=1S/C14H19NO6/c1-2-20-12(18)14(8-4-3-5-9-14)13(19)21-15-10(16)6-7-11(15)17/h2-9H2,1H3. The van der Waals surface area contributed by atoms with Gasteiger partial charge in [-0.25, -0.2) is 4.79 Å². The third kappa shape index (κ3) is 2.91. The Balaban J connectivity index is 2.16. The number of hydrogen-bond acceptors (Lipinski definition) is 6. The molecule has 0 spiro atoms. The molecular weight excluding hydrogens is 278 g/mol. The number of carbonyl (C=O) groups is 4. The Morgan fingerprint density at radius 3 is 2.14 bits per heavy atom. The number of hydroxylamine groups is 2. The zero-order valence-electron chi connectivity index (χ0n) is 12.1. The molecule has 0 N–H and O–H groups in total. The molecule has 0 unspecified atom stereocenters. The van der Waals surface area contributed by atoms with Gasteiger partial charge in [0.05, 0.1) is 6.61 Å². The molecule has 2 amide bonds. The highest BCUT2D eigenvalue weighted by atomic mass is 16.7. The van der Waals surface area contributed by atoms with Crippen molar-refractivity contribution in [1.82, 2.24) is 5.06 Å². The number of amides is 2. The van der Waals surface area contributed by atoms with E-state index in [0.29, 0.717) is 30.7 Å². The van der Waals surface area contributed by atoms with Crippen molar-refractivity contribution in [3.63, 3.8) is 0 Å². The summed E-state index contributed by atoms with van der Waals surface area (Å²) in [5.41, 5.74) is -1.39. The summed E-state index contributed by atoms with van der Waals surface area (Å²) >= 11 is 0. The van der Waals surface area contributed by atoms with Crippen molar-refractivity contribution in [3.8, 4) is 0 Å². The van der Waals surface area contributed by atoms with E-state index in [-0.39, 0.29) is 19.4 Å². The Morgan fingerprint density at radius 2 is 1.62 bits per heavy atom. The van der Waals surface area contributed by atoms with Gasteiger partial charge in [-0.1, -0.05) is 19.3 Å². The Labute approximate surface area is 122 Å². The largest absolute Gasteiger partial charge is 0.465 e. The maximum atomic E-state index is 12.4. The first-order chi connectivity index (χ1) is 10.0. The van der Waals surface area contributed by atoms with Gasteiger partial charge in [-0.2, -0.15) is 0 Å². The van der Waals surface area contributed by atoms with E-state index in [9.17, 15) is 19.2 Å². The molecule has 1 heterocycles. The molecule has 1 aliphatic carbocycles. The summed E-state index contributed by atoms with van der Waals surface area (Å²) in [6.45, 7) is 1.82. The average molecular weight is 297 g/mol. The fraction of sp³-hybridized carbons (Fsp3) is 0.714. The Morgan fingerprint density at radius 1 is 1.05 bits per heavy atom. The molecule has 1 saturated heterocycles. The van der Waals surface area contributed by atoms with Crippen molar-refractivity contribution < 1.29 is 28.8 Å². The van der Waals surface area contributed by atoms with Crippen LogP contribution in [0.2, 0.25) is 0 Å². The van der Waals surface area contributed by atoms with Crippen LogP contribution in [0.25, 0.3) is 0 Å². The number of rotatable bonds is 4. The van der Waals surface area contributed by atoms with E-state index in [1.807, 2.05) is 0 Å². The van der Waals surface area contributed by atoms with Crippen LogP contribution in [0.1, 0.15) is 51.9 Å². The van der Waals surface area contributed by atoms with Crippen molar-refractivity contribution in [3.05, 3.63) is 0 Å². The number of imide groups is 1. The van der Waals surface area contributed by atoms with Gasteiger partial charge in [0.15, 0.2) is 5.41 Å². The highest BCUT2D eigenvalue weighted by Crippen LogP contribution is 2.39. The minimum Gasteiger partial charge on any atom is -0.465 e. The second-order valence-electron chi connectivity index (χ2n) is 5.32. The van der Waals surface area contributed by atoms with Gasteiger partial charge in [0, 0.05) is 12.8 Å². The van der Waals surface area contributed by atoms with Gasteiger partial charge < -0.3 is 9.57 Å². The first-order valence-corrected chi connectivity index (χ1v) is 7.26. The van der Waals surface area contributed by atoms with Crippen molar-refractivity contribution in [2.75, 3.05) is 6.61 Å². The van der Waals surface area contributed by atoms with Gasteiger partial charge in [-0.05, 0) is 19.8 Å². The van der Waals surface area contributed by atoms with Crippen LogP contribution in [0.5, 0.6) is 0 Å². The summed E-state index contributed by atoms with van der Waals surface area (Å²) in [5.74, 6) is -2.59. The maximum Gasteiger partial charge on any atom is 0.350 e. The average Bonchev–Trinajstić information content (AvgIpc) is 2.80. The molecule has 0 aromatic carbocycles. The molecule has 7 heteroatoms. The topological polar surface area (TPSA) is 90.0 Å². The van der Waals surface area contributed by atoms with Crippen molar-refractivity contribution in [2.24, 2.45) is 5.41 Å². The molecule has 21 heavy (non-hydrogen) atoms. The Kier molecular flexibility index (Phi) is 4.59. The lowest BCUT2D eigenvalue weighted by molar-refractivity contribution is -0.210. The van der Waals surface area contributed by atoms with Gasteiger partial charge in [-0.3, -0.25) is 14.4 Å². The fourth-order valence-corrected chi connectivity index (χ4v) is 2.74. The monoisotopic (exact) mass is 297 g/mol. The predicted molar refractivity (Wildman–Crippen MR) is 69.3 cm³/mol. The second-order valence-corrected chi connectivity index (χ2v) is 5.32. The molecule has 2 rings (SSSR count). The Hall–Kier alpha value is -1.92. The molecule has 2 fully saturated rings. The fourth-order valence-electron chi connectivity index (χ4n) is 2.74. The number of carbonyl (C=O) groups excluding carboxylic acids is 4. The highest BCUT2D eigenvalue weighted by molar-refractivity contribution is 6.04. The summed E-state index contributed by atoms with van der Waals surface area (Å²) in [4.78, 5) is 52.6. The number of hydrogen-bond donors (Lipinski definition) is 0. The lowest BCUT2D eigenvalue weighted by Crippen LogP contribution is -2.47. The van der Waals surface area contributed by atoms with E-state index >= 15 is 0 Å². The van der Waals surface area contributed by atoms with Gasteiger partial charge in [0.25, 0.3) is 11.8 Å². The van der Waals surface area contributed by atoms with Crippen LogP contribution in [0, 0.1) is 5.41 Å². The normalized spacial score (nSPS) is 21.3. The van der Waals surface area contributed by atoms with E-state index < -0.39 is 29.2 Å². The number of ether oxygens (including phenoxy) is 1. The molecule has 0 aromatic heterocycles. The molecule has 0 radical (unpaired) electrons. The number of esters is 1. The Bertz CT molecular complexity index is 450. The predicted octanol–water partition coefficient (Wildman–Crippen LogP) is 1.11. The summed E-state index contributed by atoms with van der Waals surface area (Å²) < 4.78 is 5.00. The van der Waals surface area contributed by atoms with Crippen LogP contribution in [-0.2, 0) is 28.8 Å². The smallest absolute Gasteiger partial charge is 0.350 e. The maximum absolute atomic E-state index is 12.4. The summed E-state index contributed by atoms with van der Waals surface area (Å²) in [6.07, 6.45) is 3.03. The molecular formula is C14H19NO6. The van der Waals surface area contributed by atoms with Crippen LogP contribution in [0.15, 0.2) is 0 Å². The van der Waals surface area contributed by atoms with Crippen molar-refractivity contribution in [1.29, 1.82) is 0 Å². The molecule has 116 valence electrons. The molecule has 0 atom stereocenters. The molecule has 1 aliphatic heterocycles. The lowest BCUT2D eigenvalue weighted by atomic mass is 9.74. The second kappa shape index (κ2) is 6.24. The summed E-state index contributed by atoms with van der Waals surface area (Å²) in [7, 11) is 0. The molecule has 2 aliphatic rings. The van der Waals surface area contributed by atoms with Gasteiger partial charge in [0.2, 0.25) is 0 Å². The first kappa shape index (κ1) is 15.5. The van der Waals surface area contributed by atoms with Crippen LogP contribution >= 0.6 is 0 Å². The van der Waals surface area contributed by atoms with Gasteiger partial charge in [0.1, 0.15) is 0 Å². The molecule has 1 saturated carbocycles. The van der Waals surface area contributed by atoms with Gasteiger partial charge >= 0.3 is 11.9 Å². The van der Waals surface area contributed by atoms with E-state index in [4.69, 9.17) is 9.57 Å². The lowest BCUT2D eigenvalue weighted by Gasteiger charge is -2.32. The zero-order chi connectivity index (χ0) is 15.5. The van der Waals surface area contributed by atoms with Crippen LogP contribution in [0.3, 0.4) is 0 Å². The number of nitrogens with zero attached hydrogens (tertiary/aromatic N) is 1. The van der Waals surface area contributed by atoms with Crippen LogP contribution in [-0.4, -0.2) is 35.4 Å². The minimum atomic E-state index is -1.39.